The first-order valence-electron chi connectivity index (χ1n) is 9.32. The third-order valence-corrected chi connectivity index (χ3v) is 5.81. The molecule has 30 heavy (non-hydrogen) atoms. The van der Waals surface area contributed by atoms with Gasteiger partial charge in [-0.05, 0) is 43.7 Å². The lowest BCUT2D eigenvalue weighted by Gasteiger charge is -2.12. The predicted molar refractivity (Wildman–Crippen MR) is 126 cm³/mol. The van der Waals surface area contributed by atoms with E-state index in [1.165, 1.54) is 11.3 Å². The van der Waals surface area contributed by atoms with Crippen LogP contribution in [0.15, 0.2) is 42.6 Å². The minimum absolute atomic E-state index is 0. The zero-order valence-electron chi connectivity index (χ0n) is 16.2. The molecule has 4 rings (SSSR count). The van der Waals surface area contributed by atoms with Crippen LogP contribution in [-0.2, 0) is 0 Å². The summed E-state index contributed by atoms with van der Waals surface area (Å²) in [5, 5.41) is 13.9. The highest BCUT2D eigenvalue weighted by molar-refractivity contribution is 7.17. The molecule has 0 bridgehead atoms. The molecule has 1 aliphatic heterocycles. The molecule has 3 aromatic rings. The van der Waals surface area contributed by atoms with E-state index in [1.807, 2.05) is 37.3 Å². The van der Waals surface area contributed by atoms with E-state index in [2.05, 4.69) is 31.2 Å². The smallest absolute Gasteiger partial charge is 0.267 e. The summed E-state index contributed by atoms with van der Waals surface area (Å²) in [5.74, 6) is 1.24. The maximum atomic E-state index is 12.6. The number of aryl methyl sites for hydroxylation is 1. The summed E-state index contributed by atoms with van der Waals surface area (Å²) in [6.07, 6.45) is 2.62. The van der Waals surface area contributed by atoms with Gasteiger partial charge in [-0.3, -0.25) is 4.79 Å². The highest BCUT2D eigenvalue weighted by atomic mass is 35.5. The largest absolute Gasteiger partial charge is 0.366 e. The Morgan fingerprint density at radius 2 is 2.03 bits per heavy atom. The van der Waals surface area contributed by atoms with Crippen LogP contribution in [0, 0.1) is 6.92 Å². The van der Waals surface area contributed by atoms with Crippen molar-refractivity contribution in [3.05, 3.63) is 58.1 Å². The fraction of sp³-hybridized carbons (Fsp3) is 0.250. The molecule has 0 saturated carbocycles. The molecule has 1 saturated heterocycles. The quantitative estimate of drug-likeness (QED) is 0.422. The van der Waals surface area contributed by atoms with Crippen LogP contribution in [0.2, 0.25) is 5.02 Å². The molecule has 1 atom stereocenters. The molecule has 158 valence electrons. The van der Waals surface area contributed by atoms with Crippen molar-refractivity contribution < 1.29 is 4.79 Å². The SMILES string of the molecule is Cc1cccc(Cl)c1NC(=O)c1cnc(Nc2cccc(N[C@H]3CCNC3)n2)s1.Cl. The number of nitrogens with one attached hydrogen (secondary N) is 4. The van der Waals surface area contributed by atoms with Gasteiger partial charge in [-0.25, -0.2) is 9.97 Å². The first kappa shape index (κ1) is 22.3. The molecule has 4 N–H and O–H groups in total. The molecule has 10 heteroatoms. The van der Waals surface area contributed by atoms with E-state index in [0.29, 0.717) is 32.6 Å². The van der Waals surface area contributed by atoms with Crippen molar-refractivity contribution in [3.8, 4) is 0 Å². The second-order valence-corrected chi connectivity index (χ2v) is 8.22. The third-order valence-electron chi connectivity index (χ3n) is 4.59. The van der Waals surface area contributed by atoms with Gasteiger partial charge >= 0.3 is 0 Å². The molecule has 0 aliphatic carbocycles. The number of pyridine rings is 1. The normalized spacial score (nSPS) is 15.3. The number of thiazole rings is 1. The molecular formula is C20H22Cl2N6OS. The maximum Gasteiger partial charge on any atom is 0.267 e. The predicted octanol–water partition coefficient (Wildman–Crippen LogP) is 4.69. The van der Waals surface area contributed by atoms with Crippen LogP contribution in [0.4, 0.5) is 22.5 Å². The summed E-state index contributed by atoms with van der Waals surface area (Å²) >= 11 is 7.45. The van der Waals surface area contributed by atoms with E-state index >= 15 is 0 Å². The molecule has 0 spiro atoms. The summed E-state index contributed by atoms with van der Waals surface area (Å²) in [6.45, 7) is 3.86. The third kappa shape index (κ3) is 5.40. The van der Waals surface area contributed by atoms with Gasteiger partial charge in [-0.15, -0.1) is 12.4 Å². The van der Waals surface area contributed by atoms with Crippen LogP contribution >= 0.6 is 35.3 Å². The standard InChI is InChI=1S/C20H21ClN6OS.ClH/c1-12-4-2-5-14(21)18(12)27-19(28)15-11-23-20(29-15)26-17-7-3-6-16(25-17)24-13-8-9-22-10-13;/h2-7,11,13,22H,8-10H2,1H3,(H,27,28)(H2,23,24,25,26);1H/t13-;/m0./s1. The Labute approximate surface area is 190 Å². The van der Waals surface area contributed by atoms with Gasteiger partial charge in [-0.1, -0.05) is 41.1 Å². The number of rotatable bonds is 6. The Kier molecular flexibility index (Phi) is 7.49. The number of amides is 1. The second kappa shape index (κ2) is 10.1. The lowest BCUT2D eigenvalue weighted by atomic mass is 10.2. The molecule has 1 aliphatic rings. The average Bonchev–Trinajstić information content (AvgIpc) is 3.37. The molecule has 1 amide bonds. The van der Waals surface area contributed by atoms with Gasteiger partial charge in [0.05, 0.1) is 16.9 Å². The van der Waals surface area contributed by atoms with Crippen LogP contribution < -0.4 is 21.3 Å². The second-order valence-electron chi connectivity index (χ2n) is 6.78. The Balaban J connectivity index is 0.00000256. The van der Waals surface area contributed by atoms with Crippen molar-refractivity contribution in [2.45, 2.75) is 19.4 Å². The lowest BCUT2D eigenvalue weighted by Crippen LogP contribution is -2.22. The van der Waals surface area contributed by atoms with Gasteiger partial charge < -0.3 is 21.3 Å². The van der Waals surface area contributed by atoms with Crippen molar-refractivity contribution in [2.24, 2.45) is 0 Å². The number of benzene rings is 1. The van der Waals surface area contributed by atoms with E-state index in [-0.39, 0.29) is 18.3 Å². The molecule has 0 unspecified atom stereocenters. The van der Waals surface area contributed by atoms with Crippen LogP contribution in [0.25, 0.3) is 0 Å². The van der Waals surface area contributed by atoms with Crippen molar-refractivity contribution >= 4 is 63.7 Å². The van der Waals surface area contributed by atoms with Crippen LogP contribution in [0.3, 0.4) is 0 Å². The summed E-state index contributed by atoms with van der Waals surface area (Å²) in [5.41, 5.74) is 1.52. The number of para-hydroxylation sites is 1. The van der Waals surface area contributed by atoms with Crippen molar-refractivity contribution in [2.75, 3.05) is 29.0 Å². The number of carbonyl (C=O) groups is 1. The van der Waals surface area contributed by atoms with Crippen LogP contribution in [0.5, 0.6) is 0 Å². The Morgan fingerprint density at radius 3 is 2.80 bits per heavy atom. The minimum Gasteiger partial charge on any atom is -0.366 e. The number of carbonyl (C=O) groups excluding carboxylic acids is 1. The minimum atomic E-state index is -0.246. The van der Waals surface area contributed by atoms with E-state index in [1.54, 1.807) is 12.3 Å². The number of halogens is 2. The topological polar surface area (TPSA) is 91.0 Å². The fourth-order valence-corrected chi connectivity index (χ4v) is 4.07. The zero-order valence-corrected chi connectivity index (χ0v) is 18.6. The average molecular weight is 465 g/mol. The molecule has 1 aromatic carbocycles. The molecule has 7 nitrogen and oxygen atoms in total. The van der Waals surface area contributed by atoms with Gasteiger partial charge in [0.15, 0.2) is 5.13 Å². The number of nitrogens with zero attached hydrogens (tertiary/aromatic N) is 2. The molecule has 2 aromatic heterocycles. The number of hydrogen-bond acceptors (Lipinski definition) is 7. The van der Waals surface area contributed by atoms with Crippen LogP contribution in [-0.4, -0.2) is 35.0 Å². The van der Waals surface area contributed by atoms with Crippen LogP contribution in [0.1, 0.15) is 21.7 Å². The summed E-state index contributed by atoms with van der Waals surface area (Å²) < 4.78 is 0. The highest BCUT2D eigenvalue weighted by Gasteiger charge is 2.16. The van der Waals surface area contributed by atoms with Gasteiger partial charge in [0.2, 0.25) is 0 Å². The first-order chi connectivity index (χ1) is 14.1. The van der Waals surface area contributed by atoms with Crippen molar-refractivity contribution in [1.29, 1.82) is 0 Å². The Morgan fingerprint density at radius 1 is 1.23 bits per heavy atom. The highest BCUT2D eigenvalue weighted by Crippen LogP contribution is 2.28. The van der Waals surface area contributed by atoms with E-state index in [0.717, 1.165) is 30.9 Å². The number of aromatic nitrogens is 2. The summed E-state index contributed by atoms with van der Waals surface area (Å²) in [4.78, 5) is 21.9. The monoisotopic (exact) mass is 464 g/mol. The lowest BCUT2D eigenvalue weighted by molar-refractivity contribution is 0.103. The molecule has 1 fully saturated rings. The van der Waals surface area contributed by atoms with E-state index < -0.39 is 0 Å². The van der Waals surface area contributed by atoms with E-state index in [4.69, 9.17) is 11.6 Å². The maximum absolute atomic E-state index is 12.6. The fourth-order valence-electron chi connectivity index (χ4n) is 3.08. The van der Waals surface area contributed by atoms with Gasteiger partial charge in [-0.2, -0.15) is 0 Å². The summed E-state index contributed by atoms with van der Waals surface area (Å²) in [7, 11) is 0. The van der Waals surface area contributed by atoms with E-state index in [9.17, 15) is 4.79 Å². The van der Waals surface area contributed by atoms with Gasteiger partial charge in [0.25, 0.3) is 5.91 Å². The first-order valence-corrected chi connectivity index (χ1v) is 10.5. The molecular weight excluding hydrogens is 443 g/mol. The number of hydrogen-bond donors (Lipinski definition) is 4. The molecule has 0 radical (unpaired) electrons. The van der Waals surface area contributed by atoms with Gasteiger partial charge in [0, 0.05) is 12.6 Å². The van der Waals surface area contributed by atoms with Gasteiger partial charge in [0.1, 0.15) is 16.5 Å². The molecule has 3 heterocycles. The zero-order chi connectivity index (χ0) is 20.2. The number of anilines is 4. The Hall–Kier alpha value is -2.39. The van der Waals surface area contributed by atoms with Crippen molar-refractivity contribution in [3.63, 3.8) is 0 Å². The van der Waals surface area contributed by atoms with Crippen molar-refractivity contribution in [1.82, 2.24) is 15.3 Å². The Bertz CT molecular complexity index is 1000. The summed E-state index contributed by atoms with van der Waals surface area (Å²) in [6, 6.07) is 11.6.